The van der Waals surface area contributed by atoms with Gasteiger partial charge in [-0.2, -0.15) is 5.26 Å². The lowest BCUT2D eigenvalue weighted by atomic mass is 10.2. The molecule has 0 bridgehead atoms. The normalized spacial score (nSPS) is 13.6. The summed E-state index contributed by atoms with van der Waals surface area (Å²) in [4.78, 5) is 10.5. The lowest BCUT2D eigenvalue weighted by Crippen LogP contribution is -2.17. The fourth-order valence-electron chi connectivity index (χ4n) is 1.32. The number of rotatable bonds is 5. The van der Waals surface area contributed by atoms with E-state index < -0.39 is 16.8 Å². The molecule has 0 saturated heterocycles. The molecule has 0 saturated carbocycles. The van der Waals surface area contributed by atoms with E-state index in [1.165, 1.54) is 0 Å². The monoisotopic (exact) mass is 251 g/mol. The van der Waals surface area contributed by atoms with Gasteiger partial charge in [-0.25, -0.2) is 0 Å². The molecule has 90 valence electrons. The average molecular weight is 251 g/mol. The third-order valence-electron chi connectivity index (χ3n) is 2.30. The number of carboxylic acid groups (broad SMARTS) is 1. The number of carbonyl (C=O) groups is 1. The molecule has 0 spiro atoms. The van der Waals surface area contributed by atoms with Crippen molar-refractivity contribution >= 4 is 16.8 Å². The molecule has 17 heavy (non-hydrogen) atoms. The Morgan fingerprint density at radius 2 is 2.06 bits per heavy atom. The first-order valence-corrected chi connectivity index (χ1v) is 6.49. The molecule has 0 aliphatic rings. The van der Waals surface area contributed by atoms with Crippen LogP contribution in [-0.4, -0.2) is 20.5 Å². The number of aliphatic carboxylic acids is 1. The van der Waals surface area contributed by atoms with Crippen LogP contribution in [0.2, 0.25) is 0 Å². The van der Waals surface area contributed by atoms with Crippen molar-refractivity contribution in [1.82, 2.24) is 0 Å². The van der Waals surface area contributed by atoms with Gasteiger partial charge in [-0.15, -0.1) is 0 Å². The van der Waals surface area contributed by atoms with E-state index in [9.17, 15) is 9.00 Å². The summed E-state index contributed by atoms with van der Waals surface area (Å²) >= 11 is 0. The Balaban J connectivity index is 2.61. The summed E-state index contributed by atoms with van der Waals surface area (Å²) in [6.45, 7) is 1.66. The number of benzene rings is 1. The third-order valence-corrected chi connectivity index (χ3v) is 3.98. The molecular formula is C12H13NO3S. The molecule has 0 radical (unpaired) electrons. The van der Waals surface area contributed by atoms with E-state index in [0.29, 0.717) is 11.3 Å². The van der Waals surface area contributed by atoms with Crippen molar-refractivity contribution in [2.45, 2.75) is 24.3 Å². The second kappa shape index (κ2) is 6.16. The molecule has 1 aromatic carbocycles. The molecule has 0 fully saturated rings. The van der Waals surface area contributed by atoms with E-state index in [1.807, 2.05) is 6.07 Å². The first-order chi connectivity index (χ1) is 8.02. The average Bonchev–Trinajstić information content (AvgIpc) is 2.29. The Bertz CT molecular complexity index is 462. The van der Waals surface area contributed by atoms with Crippen molar-refractivity contribution in [1.29, 1.82) is 5.26 Å². The Morgan fingerprint density at radius 3 is 2.53 bits per heavy atom. The van der Waals surface area contributed by atoms with Gasteiger partial charge in [-0.1, -0.05) is 19.1 Å². The zero-order chi connectivity index (χ0) is 12.8. The minimum absolute atomic E-state index is 0.0944. The minimum Gasteiger partial charge on any atom is -0.481 e. The summed E-state index contributed by atoms with van der Waals surface area (Å²) in [6.07, 6.45) is -0.0944. The molecule has 0 aliphatic heterocycles. The Labute approximate surface area is 102 Å². The minimum atomic E-state index is -1.21. The fourth-order valence-corrected chi connectivity index (χ4v) is 2.45. The van der Waals surface area contributed by atoms with Crippen LogP contribution in [0.1, 0.15) is 24.5 Å². The van der Waals surface area contributed by atoms with E-state index >= 15 is 0 Å². The molecular weight excluding hydrogens is 238 g/mol. The molecule has 4 nitrogen and oxygen atoms in total. The zero-order valence-electron chi connectivity index (χ0n) is 9.42. The Morgan fingerprint density at radius 1 is 1.47 bits per heavy atom. The van der Waals surface area contributed by atoms with E-state index in [4.69, 9.17) is 10.4 Å². The maximum absolute atomic E-state index is 11.8. The van der Waals surface area contributed by atoms with E-state index in [0.717, 1.165) is 5.56 Å². The van der Waals surface area contributed by atoms with E-state index in [1.54, 1.807) is 31.2 Å². The van der Waals surface area contributed by atoms with Gasteiger partial charge >= 0.3 is 5.97 Å². The van der Waals surface area contributed by atoms with Crippen molar-refractivity contribution in [3.8, 4) is 6.07 Å². The second-order valence-corrected chi connectivity index (χ2v) is 5.60. The van der Waals surface area contributed by atoms with Gasteiger partial charge in [0, 0.05) is 21.8 Å². The van der Waals surface area contributed by atoms with Crippen LogP contribution < -0.4 is 0 Å². The molecule has 5 heteroatoms. The summed E-state index contributed by atoms with van der Waals surface area (Å²) in [5.74, 6) is -0.620. The smallest absolute Gasteiger partial charge is 0.304 e. The second-order valence-electron chi connectivity index (χ2n) is 3.74. The van der Waals surface area contributed by atoms with Gasteiger partial charge in [0.1, 0.15) is 0 Å². The lowest BCUT2D eigenvalue weighted by molar-refractivity contribution is -0.136. The maximum Gasteiger partial charge on any atom is 0.304 e. The summed E-state index contributed by atoms with van der Waals surface area (Å²) in [6, 6.07) is 8.81. The van der Waals surface area contributed by atoms with Crippen LogP contribution >= 0.6 is 0 Å². The van der Waals surface area contributed by atoms with Crippen LogP contribution in [0.3, 0.4) is 0 Å². The van der Waals surface area contributed by atoms with Crippen molar-refractivity contribution in [3.05, 3.63) is 35.4 Å². The van der Waals surface area contributed by atoms with Crippen molar-refractivity contribution in [2.24, 2.45) is 0 Å². The van der Waals surface area contributed by atoms with Crippen molar-refractivity contribution in [2.75, 3.05) is 0 Å². The van der Waals surface area contributed by atoms with Crippen LogP contribution in [0.4, 0.5) is 0 Å². The third kappa shape index (κ3) is 4.37. The predicted molar refractivity (Wildman–Crippen MR) is 64.7 cm³/mol. The van der Waals surface area contributed by atoms with Gasteiger partial charge in [-0.3, -0.25) is 9.00 Å². The number of hydrogen-bond acceptors (Lipinski definition) is 3. The topological polar surface area (TPSA) is 78.2 Å². The molecule has 1 N–H and O–H groups in total. The predicted octanol–water partition coefficient (Wildman–Crippen LogP) is 1.67. The molecule has 0 amide bonds. The van der Waals surface area contributed by atoms with Gasteiger partial charge in [0.2, 0.25) is 0 Å². The highest BCUT2D eigenvalue weighted by molar-refractivity contribution is 7.84. The molecule has 0 aliphatic carbocycles. The number of nitriles is 1. The van der Waals surface area contributed by atoms with Gasteiger partial charge in [0.15, 0.2) is 0 Å². The van der Waals surface area contributed by atoms with Gasteiger partial charge < -0.3 is 5.11 Å². The number of nitrogens with zero attached hydrogens (tertiary/aromatic N) is 1. The summed E-state index contributed by atoms with van der Waals surface area (Å²) in [7, 11) is -1.21. The fraction of sp³-hybridized carbons (Fsp3) is 0.333. The Hall–Kier alpha value is -1.67. The van der Waals surface area contributed by atoms with Crippen LogP contribution in [-0.2, 0) is 21.3 Å². The molecule has 2 atom stereocenters. The first-order valence-electron chi connectivity index (χ1n) is 5.11. The van der Waals surface area contributed by atoms with Gasteiger partial charge in [-0.05, 0) is 17.7 Å². The van der Waals surface area contributed by atoms with Crippen LogP contribution in [0.25, 0.3) is 0 Å². The van der Waals surface area contributed by atoms with Crippen molar-refractivity contribution in [3.63, 3.8) is 0 Å². The highest BCUT2D eigenvalue weighted by Crippen LogP contribution is 2.11. The summed E-state index contributed by atoms with van der Waals surface area (Å²) in [5.41, 5.74) is 1.40. The zero-order valence-corrected chi connectivity index (χ0v) is 10.2. The molecule has 1 aromatic rings. The van der Waals surface area contributed by atoms with E-state index in [-0.39, 0.29) is 11.7 Å². The molecule has 1 rings (SSSR count). The summed E-state index contributed by atoms with van der Waals surface area (Å²) < 4.78 is 11.8. The first kappa shape index (κ1) is 13.4. The molecule has 0 heterocycles. The molecule has 2 unspecified atom stereocenters. The highest BCUT2D eigenvalue weighted by atomic mass is 32.2. The van der Waals surface area contributed by atoms with E-state index in [2.05, 4.69) is 0 Å². The van der Waals surface area contributed by atoms with Gasteiger partial charge in [0.05, 0.1) is 18.1 Å². The van der Waals surface area contributed by atoms with Gasteiger partial charge in [0.25, 0.3) is 0 Å². The van der Waals surface area contributed by atoms with Crippen LogP contribution in [0, 0.1) is 11.3 Å². The number of carboxylic acids is 1. The maximum atomic E-state index is 11.8. The van der Waals surface area contributed by atoms with Crippen molar-refractivity contribution < 1.29 is 14.1 Å². The number of hydrogen-bond donors (Lipinski definition) is 1. The van der Waals surface area contributed by atoms with Crippen LogP contribution in [0.5, 0.6) is 0 Å². The van der Waals surface area contributed by atoms with Crippen LogP contribution in [0.15, 0.2) is 24.3 Å². The Kier molecular flexibility index (Phi) is 4.85. The standard InChI is InChI=1S/C12H13NO3S/c1-9(6-12(14)15)17(16)8-11-4-2-10(7-13)3-5-11/h2-5,9H,6,8H2,1H3,(H,14,15). The summed E-state index contributed by atoms with van der Waals surface area (Å²) in [5, 5.41) is 16.8. The largest absolute Gasteiger partial charge is 0.481 e. The lowest BCUT2D eigenvalue weighted by Gasteiger charge is -2.08. The molecule has 0 aromatic heterocycles. The highest BCUT2D eigenvalue weighted by Gasteiger charge is 2.15. The quantitative estimate of drug-likeness (QED) is 0.863. The SMILES string of the molecule is CC(CC(=O)O)S(=O)Cc1ccc(C#N)cc1.